The van der Waals surface area contributed by atoms with Crippen molar-refractivity contribution in [2.75, 3.05) is 30.8 Å². The van der Waals surface area contributed by atoms with Crippen molar-refractivity contribution in [2.24, 2.45) is 0 Å². The molecule has 1 unspecified atom stereocenters. The Morgan fingerprint density at radius 3 is 2.39 bits per heavy atom. The molecule has 5 N–H and O–H groups in total. The van der Waals surface area contributed by atoms with Gasteiger partial charge in [-0.05, 0) is 78.9 Å². The number of halogens is 1. The van der Waals surface area contributed by atoms with Gasteiger partial charge in [0.25, 0.3) is 23.6 Å². The summed E-state index contributed by atoms with van der Waals surface area (Å²) >= 11 is 0. The molecule has 0 aliphatic carbocycles. The molecule has 1 atom stereocenters. The lowest BCUT2D eigenvalue weighted by atomic mass is 9.99. The number of amides is 6. The van der Waals surface area contributed by atoms with Crippen LogP contribution in [0.2, 0.25) is 0 Å². The second-order valence-corrected chi connectivity index (χ2v) is 14.2. The Hall–Kier alpha value is -7.29. The standard InChI is InChI=1S/C44H40FN7O7/c1-46-40(55)32-24-49-34-17-15-25(21-31(34)39(32)50-27-9-4-2-5-10-27)26-14-16-29(33(45)22-26)41(56)47-20-7-3-6-11-28(53)23-48-35-13-8-12-30-38(35)44(59)52(43(30)58)36-18-19-37(54)51-42(36)57/h2,4-5,8-10,12-17,21-22,24,36,48H,3,6-7,11,18-20,23H2,1H3,(H,46,55)(H,47,56)(H,49,50)(H,51,54,57). The monoisotopic (exact) mass is 797 g/mol. The van der Waals surface area contributed by atoms with Gasteiger partial charge in [0, 0.05) is 49.4 Å². The molecule has 7 rings (SSSR count). The van der Waals surface area contributed by atoms with E-state index in [1.165, 1.54) is 31.4 Å². The SMILES string of the molecule is CNC(=O)c1cnc2ccc(-c3ccc(C(=O)NCCCCCC(=O)CNc4cccc5c4C(=O)N(C4CCC(=O)NC4=O)C5=O)c(F)c3)cc2c1Nc1ccccc1. The maximum absolute atomic E-state index is 15.4. The number of imide groups is 2. The Bertz CT molecular complexity index is 2530. The van der Waals surface area contributed by atoms with E-state index in [1.54, 1.807) is 30.3 Å². The highest BCUT2D eigenvalue weighted by Gasteiger charge is 2.45. The van der Waals surface area contributed by atoms with Gasteiger partial charge in [0.05, 0.1) is 40.0 Å². The summed E-state index contributed by atoms with van der Waals surface area (Å²) < 4.78 is 15.4. The van der Waals surface area contributed by atoms with E-state index in [4.69, 9.17) is 0 Å². The summed E-state index contributed by atoms with van der Waals surface area (Å²) in [7, 11) is 1.54. The Balaban J connectivity index is 0.896. The Kier molecular flexibility index (Phi) is 11.8. The Morgan fingerprint density at radius 2 is 1.63 bits per heavy atom. The minimum atomic E-state index is -1.09. The molecule has 0 spiro atoms. The summed E-state index contributed by atoms with van der Waals surface area (Å²) in [4.78, 5) is 94.0. The van der Waals surface area contributed by atoms with Crippen molar-refractivity contribution < 1.29 is 38.0 Å². The van der Waals surface area contributed by atoms with E-state index < -0.39 is 41.4 Å². The maximum Gasteiger partial charge on any atom is 0.264 e. The van der Waals surface area contributed by atoms with Gasteiger partial charge in [0.15, 0.2) is 5.78 Å². The van der Waals surface area contributed by atoms with Crippen molar-refractivity contribution in [1.82, 2.24) is 25.8 Å². The Morgan fingerprint density at radius 1 is 0.847 bits per heavy atom. The number of hydrogen-bond donors (Lipinski definition) is 5. The van der Waals surface area contributed by atoms with Crippen LogP contribution in [0.3, 0.4) is 0 Å². The van der Waals surface area contributed by atoms with E-state index in [9.17, 15) is 33.6 Å². The van der Waals surface area contributed by atoms with E-state index in [0.29, 0.717) is 58.2 Å². The van der Waals surface area contributed by atoms with Crippen LogP contribution >= 0.6 is 0 Å². The van der Waals surface area contributed by atoms with Crippen molar-refractivity contribution in [1.29, 1.82) is 0 Å². The zero-order valence-electron chi connectivity index (χ0n) is 32.0. The molecule has 2 aliphatic rings. The van der Waals surface area contributed by atoms with Crippen molar-refractivity contribution in [3.8, 4) is 11.1 Å². The molecule has 4 aromatic carbocycles. The second-order valence-electron chi connectivity index (χ2n) is 14.2. The topological polar surface area (TPSA) is 196 Å². The van der Waals surface area contributed by atoms with E-state index in [-0.39, 0.29) is 60.7 Å². The predicted octanol–water partition coefficient (Wildman–Crippen LogP) is 5.52. The third-order valence-corrected chi connectivity index (χ3v) is 10.3. The lowest BCUT2D eigenvalue weighted by Crippen LogP contribution is -2.54. The van der Waals surface area contributed by atoms with Crippen LogP contribution in [0.4, 0.5) is 21.5 Å². The molecular weight excluding hydrogens is 758 g/mol. The third kappa shape index (κ3) is 8.54. The van der Waals surface area contributed by atoms with Gasteiger partial charge < -0.3 is 21.3 Å². The number of para-hydroxylation sites is 1. The third-order valence-electron chi connectivity index (χ3n) is 10.3. The van der Waals surface area contributed by atoms with Crippen LogP contribution in [-0.4, -0.2) is 77.3 Å². The molecule has 0 bridgehead atoms. The highest BCUT2D eigenvalue weighted by molar-refractivity contribution is 6.25. The number of fused-ring (bicyclic) bond motifs is 2. The van der Waals surface area contributed by atoms with Crippen LogP contribution in [0.15, 0.2) is 91.1 Å². The summed E-state index contributed by atoms with van der Waals surface area (Å²) in [5, 5.41) is 14.5. The quantitative estimate of drug-likeness (QED) is 0.0665. The number of unbranched alkanes of at least 4 members (excludes halogenated alkanes) is 2. The summed E-state index contributed by atoms with van der Waals surface area (Å²) in [6.45, 7) is 0.173. The summed E-state index contributed by atoms with van der Waals surface area (Å²) in [6.07, 6.45) is 3.47. The van der Waals surface area contributed by atoms with Crippen LogP contribution in [0.5, 0.6) is 0 Å². The molecule has 3 heterocycles. The van der Waals surface area contributed by atoms with Crippen molar-refractivity contribution >= 4 is 69.2 Å². The number of nitrogens with zero attached hydrogens (tertiary/aromatic N) is 2. The van der Waals surface area contributed by atoms with Crippen LogP contribution in [0.25, 0.3) is 22.0 Å². The van der Waals surface area contributed by atoms with Gasteiger partial charge in [-0.1, -0.05) is 42.8 Å². The first kappa shape index (κ1) is 39.9. The van der Waals surface area contributed by atoms with Crippen LogP contribution < -0.4 is 26.6 Å². The number of piperidine rings is 1. The number of ketones is 1. The average Bonchev–Trinajstić information content (AvgIpc) is 3.49. The highest BCUT2D eigenvalue weighted by atomic mass is 19.1. The molecule has 1 saturated heterocycles. The first-order chi connectivity index (χ1) is 28.5. The summed E-state index contributed by atoms with van der Waals surface area (Å²) in [6, 6.07) is 22.7. The second kappa shape index (κ2) is 17.5. The minimum Gasteiger partial charge on any atom is -0.377 e. The minimum absolute atomic E-state index is 0.00897. The molecule has 2 aliphatic heterocycles. The number of carbonyl (C=O) groups is 7. The van der Waals surface area contributed by atoms with Gasteiger partial charge in [0.1, 0.15) is 11.9 Å². The average molecular weight is 798 g/mol. The lowest BCUT2D eigenvalue weighted by Gasteiger charge is -2.27. The van der Waals surface area contributed by atoms with Gasteiger partial charge >= 0.3 is 0 Å². The molecule has 15 heteroatoms. The molecule has 1 aromatic heterocycles. The molecule has 59 heavy (non-hydrogen) atoms. The van der Waals surface area contributed by atoms with E-state index in [1.807, 2.05) is 36.4 Å². The van der Waals surface area contributed by atoms with Crippen LogP contribution in [0, 0.1) is 5.82 Å². The molecule has 0 saturated carbocycles. The molecule has 0 radical (unpaired) electrons. The van der Waals surface area contributed by atoms with Gasteiger partial charge in [0.2, 0.25) is 11.8 Å². The zero-order chi connectivity index (χ0) is 41.6. The van der Waals surface area contributed by atoms with Gasteiger partial charge in [-0.2, -0.15) is 0 Å². The lowest BCUT2D eigenvalue weighted by molar-refractivity contribution is -0.136. The van der Waals surface area contributed by atoms with E-state index >= 15 is 4.39 Å². The first-order valence-corrected chi connectivity index (χ1v) is 19.2. The first-order valence-electron chi connectivity index (χ1n) is 19.2. The van der Waals surface area contributed by atoms with Gasteiger partial charge in [-0.3, -0.25) is 48.8 Å². The van der Waals surface area contributed by atoms with Gasteiger partial charge in [-0.25, -0.2) is 4.39 Å². The van der Waals surface area contributed by atoms with E-state index in [0.717, 1.165) is 10.6 Å². The summed E-state index contributed by atoms with van der Waals surface area (Å²) in [5.41, 5.74) is 3.85. The fourth-order valence-electron chi connectivity index (χ4n) is 7.22. The number of benzene rings is 4. The fraction of sp³-hybridized carbons (Fsp3) is 0.227. The van der Waals surface area contributed by atoms with Crippen molar-refractivity contribution in [3.63, 3.8) is 0 Å². The molecule has 6 amide bonds. The maximum atomic E-state index is 15.4. The number of rotatable bonds is 15. The van der Waals surface area contributed by atoms with Gasteiger partial charge in [-0.15, -0.1) is 0 Å². The van der Waals surface area contributed by atoms with Crippen molar-refractivity contribution in [2.45, 2.75) is 44.6 Å². The molecule has 1 fully saturated rings. The highest BCUT2D eigenvalue weighted by Crippen LogP contribution is 2.34. The predicted molar refractivity (Wildman–Crippen MR) is 218 cm³/mol. The van der Waals surface area contributed by atoms with Crippen LogP contribution in [-0.2, 0) is 14.4 Å². The molecule has 5 aromatic rings. The van der Waals surface area contributed by atoms with Crippen LogP contribution in [0.1, 0.15) is 80.0 Å². The van der Waals surface area contributed by atoms with Crippen molar-refractivity contribution in [3.05, 3.63) is 119 Å². The number of nitrogens with one attached hydrogen (secondary N) is 5. The molecule has 300 valence electrons. The van der Waals surface area contributed by atoms with E-state index in [2.05, 4.69) is 31.6 Å². The Labute approximate surface area is 338 Å². The number of hydrogen-bond acceptors (Lipinski definition) is 10. The normalized spacial score (nSPS) is 14.8. The molecular formula is C44H40FN7O7. The zero-order valence-corrected chi connectivity index (χ0v) is 32.0. The largest absolute Gasteiger partial charge is 0.377 e. The number of aromatic nitrogens is 1. The smallest absolute Gasteiger partial charge is 0.264 e. The molecule has 14 nitrogen and oxygen atoms in total. The fourth-order valence-corrected chi connectivity index (χ4v) is 7.22. The summed E-state index contributed by atoms with van der Waals surface area (Å²) in [5.74, 6) is -4.18. The number of Topliss-reactive ketones (excluding diaryl/α,β-unsaturated/α-hetero) is 1. The number of pyridine rings is 1. The number of anilines is 3. The number of carbonyl (C=O) groups excluding carboxylic acids is 7.